The summed E-state index contributed by atoms with van der Waals surface area (Å²) in [5.74, 6) is 0.788. The van der Waals surface area contributed by atoms with Gasteiger partial charge in [-0.15, -0.1) is 0 Å². The van der Waals surface area contributed by atoms with Gasteiger partial charge in [-0.1, -0.05) is 23.4 Å². The normalized spacial score (nSPS) is 13.5. The first-order valence-corrected chi connectivity index (χ1v) is 10.4. The fraction of sp³-hybridized carbons (Fsp3) is 0.348. The van der Waals surface area contributed by atoms with Gasteiger partial charge in [0.15, 0.2) is 0 Å². The van der Waals surface area contributed by atoms with Crippen molar-refractivity contribution < 1.29 is 19.2 Å². The minimum atomic E-state index is -0.763. The zero-order chi connectivity index (χ0) is 22.0. The fourth-order valence-electron chi connectivity index (χ4n) is 3.80. The van der Waals surface area contributed by atoms with Gasteiger partial charge in [0.2, 0.25) is 5.82 Å². The van der Waals surface area contributed by atoms with E-state index >= 15 is 0 Å². The number of ether oxygens (including phenoxy) is 1. The molecule has 3 N–H and O–H groups in total. The van der Waals surface area contributed by atoms with E-state index in [2.05, 4.69) is 21.1 Å². The Morgan fingerprint density at radius 3 is 2.87 bits per heavy atom. The van der Waals surface area contributed by atoms with Crippen molar-refractivity contribution in [2.75, 3.05) is 12.3 Å². The third-order valence-electron chi connectivity index (χ3n) is 5.20. The van der Waals surface area contributed by atoms with E-state index in [9.17, 15) is 4.79 Å². The second kappa shape index (κ2) is 8.77. The van der Waals surface area contributed by atoms with Crippen LogP contribution >= 0.6 is 0 Å². The van der Waals surface area contributed by atoms with Gasteiger partial charge in [0.25, 0.3) is 5.89 Å². The molecule has 0 saturated carbocycles. The summed E-state index contributed by atoms with van der Waals surface area (Å²) in [5.41, 5.74) is 10.7. The van der Waals surface area contributed by atoms with Crippen molar-refractivity contribution in [3.8, 4) is 28.6 Å². The SMILES string of the molecule is CC(C)Oc1ccc(-c2nc(-c3cccc4c3CN(CCCC(=O)O)C4)no2)cc1N. The standard InChI is InChI=1S/C23H26N4O4/c1-14(2)30-20-9-8-15(11-19(20)24)23-25-22(26-31-23)17-6-3-5-16-12-27(13-18(16)17)10-4-7-21(28)29/h3,5-6,8-9,11,14H,4,7,10,12-13,24H2,1-2H3,(H,28,29). The largest absolute Gasteiger partial charge is 0.489 e. The van der Waals surface area contributed by atoms with Gasteiger partial charge in [-0.05, 0) is 56.1 Å². The predicted octanol–water partition coefficient (Wildman–Crippen LogP) is 3.95. The van der Waals surface area contributed by atoms with Crippen LogP contribution in [0.15, 0.2) is 40.9 Å². The molecule has 0 atom stereocenters. The van der Waals surface area contributed by atoms with E-state index in [1.165, 1.54) is 5.56 Å². The van der Waals surface area contributed by atoms with Crippen LogP contribution in [0.3, 0.4) is 0 Å². The number of rotatable bonds is 8. The van der Waals surface area contributed by atoms with Gasteiger partial charge in [-0.2, -0.15) is 4.98 Å². The predicted molar refractivity (Wildman–Crippen MR) is 116 cm³/mol. The number of nitrogens with two attached hydrogens (primary N) is 1. The van der Waals surface area contributed by atoms with Gasteiger partial charge >= 0.3 is 5.97 Å². The molecule has 0 bridgehead atoms. The lowest BCUT2D eigenvalue weighted by atomic mass is 10.0. The van der Waals surface area contributed by atoms with Crippen molar-refractivity contribution in [2.24, 2.45) is 0 Å². The van der Waals surface area contributed by atoms with Crippen molar-refractivity contribution in [3.05, 3.63) is 47.5 Å². The smallest absolute Gasteiger partial charge is 0.303 e. The second-order valence-electron chi connectivity index (χ2n) is 7.99. The van der Waals surface area contributed by atoms with Crippen LogP contribution in [-0.2, 0) is 17.9 Å². The summed E-state index contributed by atoms with van der Waals surface area (Å²) >= 11 is 0. The van der Waals surface area contributed by atoms with Gasteiger partial charge < -0.3 is 20.1 Å². The Kier molecular flexibility index (Phi) is 5.90. The summed E-state index contributed by atoms with van der Waals surface area (Å²) in [6, 6.07) is 11.5. The molecular weight excluding hydrogens is 396 g/mol. The van der Waals surface area contributed by atoms with Crippen LogP contribution in [0.5, 0.6) is 5.75 Å². The number of carbonyl (C=O) groups is 1. The Balaban J connectivity index is 1.53. The van der Waals surface area contributed by atoms with Crippen LogP contribution in [-0.4, -0.2) is 38.8 Å². The molecule has 0 fully saturated rings. The molecular formula is C23H26N4O4. The molecule has 1 aromatic heterocycles. The molecule has 1 aliphatic rings. The summed E-state index contributed by atoms with van der Waals surface area (Å²) in [4.78, 5) is 17.6. The number of carboxylic acids is 1. The number of anilines is 1. The van der Waals surface area contributed by atoms with E-state index in [1.54, 1.807) is 6.07 Å². The second-order valence-corrected chi connectivity index (χ2v) is 7.99. The summed E-state index contributed by atoms with van der Waals surface area (Å²) in [7, 11) is 0. The van der Waals surface area contributed by atoms with Crippen molar-refractivity contribution in [1.29, 1.82) is 0 Å². The lowest BCUT2D eigenvalue weighted by Crippen LogP contribution is -2.18. The van der Waals surface area contributed by atoms with Crippen LogP contribution in [0.1, 0.15) is 37.8 Å². The molecule has 0 radical (unpaired) electrons. The maximum Gasteiger partial charge on any atom is 0.303 e. The van der Waals surface area contributed by atoms with Crippen molar-refractivity contribution in [1.82, 2.24) is 15.0 Å². The van der Waals surface area contributed by atoms with Crippen molar-refractivity contribution >= 4 is 11.7 Å². The molecule has 0 amide bonds. The molecule has 8 nitrogen and oxygen atoms in total. The molecule has 1 aliphatic heterocycles. The van der Waals surface area contributed by atoms with Gasteiger partial charge in [0.05, 0.1) is 11.8 Å². The van der Waals surface area contributed by atoms with Gasteiger partial charge in [0, 0.05) is 30.6 Å². The van der Waals surface area contributed by atoms with Crippen LogP contribution in [0.25, 0.3) is 22.8 Å². The Morgan fingerprint density at radius 2 is 2.13 bits per heavy atom. The van der Waals surface area contributed by atoms with Crippen LogP contribution in [0.4, 0.5) is 5.69 Å². The molecule has 4 rings (SSSR count). The number of benzene rings is 2. The molecule has 31 heavy (non-hydrogen) atoms. The lowest BCUT2D eigenvalue weighted by Gasteiger charge is -2.13. The fourth-order valence-corrected chi connectivity index (χ4v) is 3.80. The van der Waals surface area contributed by atoms with Crippen LogP contribution in [0, 0.1) is 0 Å². The number of hydrogen-bond donors (Lipinski definition) is 2. The summed E-state index contributed by atoms with van der Waals surface area (Å²) in [5, 5.41) is 13.1. The zero-order valence-corrected chi connectivity index (χ0v) is 17.7. The molecule has 0 spiro atoms. The first-order valence-electron chi connectivity index (χ1n) is 10.4. The number of carboxylic acid groups (broad SMARTS) is 1. The first-order chi connectivity index (χ1) is 14.9. The zero-order valence-electron chi connectivity index (χ0n) is 17.7. The highest BCUT2D eigenvalue weighted by molar-refractivity contribution is 5.69. The van der Waals surface area contributed by atoms with E-state index in [0.29, 0.717) is 29.6 Å². The van der Waals surface area contributed by atoms with Crippen LogP contribution < -0.4 is 10.5 Å². The molecule has 3 aromatic rings. The minimum absolute atomic E-state index is 0.0343. The number of aromatic nitrogens is 2. The van der Waals surface area contributed by atoms with E-state index in [-0.39, 0.29) is 12.5 Å². The minimum Gasteiger partial charge on any atom is -0.489 e. The lowest BCUT2D eigenvalue weighted by molar-refractivity contribution is -0.137. The molecule has 0 unspecified atom stereocenters. The monoisotopic (exact) mass is 422 g/mol. The summed E-state index contributed by atoms with van der Waals surface area (Å²) in [6.45, 7) is 6.17. The third kappa shape index (κ3) is 4.69. The van der Waals surface area contributed by atoms with Gasteiger partial charge in [0.1, 0.15) is 5.75 Å². The van der Waals surface area contributed by atoms with Gasteiger partial charge in [-0.3, -0.25) is 9.69 Å². The molecule has 2 heterocycles. The van der Waals surface area contributed by atoms with E-state index in [0.717, 1.165) is 36.3 Å². The molecule has 0 saturated heterocycles. The molecule has 2 aromatic carbocycles. The first kappa shape index (κ1) is 20.9. The summed E-state index contributed by atoms with van der Waals surface area (Å²) < 4.78 is 11.2. The molecule has 8 heteroatoms. The Hall–Kier alpha value is -3.39. The van der Waals surface area contributed by atoms with E-state index < -0.39 is 5.97 Å². The highest BCUT2D eigenvalue weighted by Gasteiger charge is 2.24. The Labute approximate surface area is 180 Å². The number of aliphatic carboxylic acids is 1. The van der Waals surface area contributed by atoms with Crippen molar-refractivity contribution in [3.63, 3.8) is 0 Å². The van der Waals surface area contributed by atoms with Crippen LogP contribution in [0.2, 0.25) is 0 Å². The number of nitrogens with zero attached hydrogens (tertiary/aromatic N) is 3. The average Bonchev–Trinajstić information content (AvgIpc) is 3.35. The topological polar surface area (TPSA) is 115 Å². The van der Waals surface area contributed by atoms with Gasteiger partial charge in [-0.25, -0.2) is 0 Å². The summed E-state index contributed by atoms with van der Waals surface area (Å²) in [6.07, 6.45) is 0.841. The number of nitrogen functional groups attached to an aromatic ring is 1. The third-order valence-corrected chi connectivity index (χ3v) is 5.20. The molecule has 0 aliphatic carbocycles. The Bertz CT molecular complexity index is 1090. The highest BCUT2D eigenvalue weighted by Crippen LogP contribution is 2.33. The Morgan fingerprint density at radius 1 is 1.29 bits per heavy atom. The number of hydrogen-bond acceptors (Lipinski definition) is 7. The van der Waals surface area contributed by atoms with Crippen molar-refractivity contribution in [2.45, 2.75) is 45.9 Å². The molecule has 162 valence electrons. The van der Waals surface area contributed by atoms with E-state index in [1.807, 2.05) is 38.1 Å². The number of fused-ring (bicyclic) bond motifs is 1. The maximum atomic E-state index is 10.8. The van der Waals surface area contributed by atoms with E-state index in [4.69, 9.17) is 20.1 Å². The maximum absolute atomic E-state index is 10.8. The average molecular weight is 422 g/mol. The quantitative estimate of drug-likeness (QED) is 0.524. The highest BCUT2D eigenvalue weighted by atomic mass is 16.5.